The van der Waals surface area contributed by atoms with Gasteiger partial charge in [-0.2, -0.15) is 5.10 Å². The number of nitrogen functional groups attached to an aromatic ring is 1. The van der Waals surface area contributed by atoms with E-state index in [-0.39, 0.29) is 11.9 Å². The Morgan fingerprint density at radius 2 is 2.15 bits per heavy atom. The maximum atomic E-state index is 7.90. The van der Waals surface area contributed by atoms with Crippen LogP contribution in [0.25, 0.3) is 0 Å². The predicted molar refractivity (Wildman–Crippen MR) is 79.4 cm³/mol. The SMILES string of the molecule is CCc1nnc(N2CCC(OC)C2)c(C(=N)N)c1CC. The molecule has 6 nitrogen and oxygen atoms in total. The molecule has 0 amide bonds. The minimum absolute atomic E-state index is 0.0716. The highest BCUT2D eigenvalue weighted by molar-refractivity contribution is 6.01. The maximum Gasteiger partial charge on any atom is 0.162 e. The second kappa shape index (κ2) is 6.17. The van der Waals surface area contributed by atoms with E-state index >= 15 is 0 Å². The molecule has 1 fully saturated rings. The molecule has 0 aliphatic carbocycles. The van der Waals surface area contributed by atoms with Crippen molar-refractivity contribution in [1.82, 2.24) is 10.2 Å². The fourth-order valence-electron chi connectivity index (χ4n) is 2.78. The molecule has 0 radical (unpaired) electrons. The van der Waals surface area contributed by atoms with E-state index in [0.29, 0.717) is 0 Å². The molecule has 6 heteroatoms. The van der Waals surface area contributed by atoms with E-state index in [9.17, 15) is 0 Å². The first-order valence-electron chi connectivity index (χ1n) is 7.12. The number of nitrogens with one attached hydrogen (secondary N) is 1. The van der Waals surface area contributed by atoms with E-state index in [0.717, 1.165) is 55.0 Å². The van der Waals surface area contributed by atoms with Crippen LogP contribution in [-0.4, -0.2) is 42.3 Å². The van der Waals surface area contributed by atoms with E-state index < -0.39 is 0 Å². The largest absolute Gasteiger partial charge is 0.384 e. The van der Waals surface area contributed by atoms with Crippen molar-refractivity contribution in [2.24, 2.45) is 5.73 Å². The highest BCUT2D eigenvalue weighted by atomic mass is 16.5. The monoisotopic (exact) mass is 277 g/mol. The summed E-state index contributed by atoms with van der Waals surface area (Å²) in [6, 6.07) is 0. The number of aryl methyl sites for hydroxylation is 1. The van der Waals surface area contributed by atoms with E-state index in [4.69, 9.17) is 15.9 Å². The van der Waals surface area contributed by atoms with Crippen molar-refractivity contribution in [3.8, 4) is 0 Å². The molecule has 0 saturated carbocycles. The summed E-state index contributed by atoms with van der Waals surface area (Å²) in [5.74, 6) is 0.799. The highest BCUT2D eigenvalue weighted by Gasteiger charge is 2.28. The Balaban J connectivity index is 2.45. The van der Waals surface area contributed by atoms with Gasteiger partial charge in [-0.25, -0.2) is 0 Å². The van der Waals surface area contributed by atoms with Gasteiger partial charge in [-0.3, -0.25) is 5.41 Å². The first-order valence-corrected chi connectivity index (χ1v) is 7.12. The van der Waals surface area contributed by atoms with Crippen molar-refractivity contribution >= 4 is 11.7 Å². The van der Waals surface area contributed by atoms with Crippen LogP contribution in [0, 0.1) is 5.41 Å². The normalized spacial score (nSPS) is 18.6. The minimum Gasteiger partial charge on any atom is -0.384 e. The number of ether oxygens (including phenoxy) is 1. The smallest absolute Gasteiger partial charge is 0.162 e. The van der Waals surface area contributed by atoms with Crippen LogP contribution in [0.1, 0.15) is 37.1 Å². The molecule has 1 saturated heterocycles. The van der Waals surface area contributed by atoms with Crippen LogP contribution in [0.5, 0.6) is 0 Å². The fourth-order valence-corrected chi connectivity index (χ4v) is 2.78. The number of nitrogens with zero attached hydrogens (tertiary/aromatic N) is 3. The summed E-state index contributed by atoms with van der Waals surface area (Å²) in [6.45, 7) is 5.75. The summed E-state index contributed by atoms with van der Waals surface area (Å²) < 4.78 is 5.39. The Labute approximate surface area is 119 Å². The molecule has 2 heterocycles. The van der Waals surface area contributed by atoms with Crippen molar-refractivity contribution in [1.29, 1.82) is 5.41 Å². The third kappa shape index (κ3) is 2.60. The molecule has 1 atom stereocenters. The molecule has 110 valence electrons. The lowest BCUT2D eigenvalue weighted by Gasteiger charge is -2.22. The van der Waals surface area contributed by atoms with Gasteiger partial charge in [-0.1, -0.05) is 13.8 Å². The van der Waals surface area contributed by atoms with Crippen molar-refractivity contribution in [3.63, 3.8) is 0 Å². The molecule has 20 heavy (non-hydrogen) atoms. The van der Waals surface area contributed by atoms with Gasteiger partial charge in [-0.15, -0.1) is 5.10 Å². The molecule has 0 spiro atoms. The molecule has 1 aliphatic rings. The molecular formula is C14H23N5O. The molecule has 1 aromatic rings. The summed E-state index contributed by atoms with van der Waals surface area (Å²) in [5, 5.41) is 16.6. The Morgan fingerprint density at radius 3 is 2.65 bits per heavy atom. The third-order valence-electron chi connectivity index (χ3n) is 3.87. The quantitative estimate of drug-likeness (QED) is 0.622. The van der Waals surface area contributed by atoms with Gasteiger partial charge < -0.3 is 15.4 Å². The minimum atomic E-state index is 0.0716. The number of aromatic nitrogens is 2. The zero-order valence-corrected chi connectivity index (χ0v) is 12.4. The summed E-state index contributed by atoms with van der Waals surface area (Å²) in [7, 11) is 1.73. The number of methoxy groups -OCH3 is 1. The van der Waals surface area contributed by atoms with Crippen molar-refractivity contribution in [2.75, 3.05) is 25.1 Å². The van der Waals surface area contributed by atoms with Gasteiger partial charge in [0.15, 0.2) is 5.82 Å². The number of hydrogen-bond acceptors (Lipinski definition) is 5. The van der Waals surface area contributed by atoms with E-state index in [1.807, 2.05) is 6.92 Å². The summed E-state index contributed by atoms with van der Waals surface area (Å²) in [6.07, 6.45) is 2.79. The Bertz CT molecular complexity index is 503. The van der Waals surface area contributed by atoms with Crippen LogP contribution in [-0.2, 0) is 17.6 Å². The first-order chi connectivity index (χ1) is 9.62. The van der Waals surface area contributed by atoms with Gasteiger partial charge in [0, 0.05) is 20.2 Å². The van der Waals surface area contributed by atoms with Gasteiger partial charge in [0.2, 0.25) is 0 Å². The Morgan fingerprint density at radius 1 is 1.40 bits per heavy atom. The average molecular weight is 277 g/mol. The van der Waals surface area contributed by atoms with Crippen molar-refractivity contribution in [2.45, 2.75) is 39.2 Å². The lowest BCUT2D eigenvalue weighted by Crippen LogP contribution is -2.29. The van der Waals surface area contributed by atoms with Gasteiger partial charge in [0.1, 0.15) is 5.84 Å². The number of anilines is 1. The number of amidine groups is 1. The van der Waals surface area contributed by atoms with Crippen LogP contribution < -0.4 is 10.6 Å². The fraction of sp³-hybridized carbons (Fsp3) is 0.643. The molecule has 0 bridgehead atoms. The van der Waals surface area contributed by atoms with Crippen LogP contribution in [0.15, 0.2) is 0 Å². The van der Waals surface area contributed by atoms with Crippen LogP contribution in [0.3, 0.4) is 0 Å². The molecule has 1 aromatic heterocycles. The van der Waals surface area contributed by atoms with Crippen LogP contribution in [0.4, 0.5) is 5.82 Å². The summed E-state index contributed by atoms with van der Waals surface area (Å²) >= 11 is 0. The molecule has 2 rings (SSSR count). The average Bonchev–Trinajstić information content (AvgIpc) is 2.94. The van der Waals surface area contributed by atoms with Gasteiger partial charge in [-0.05, 0) is 24.8 Å². The van der Waals surface area contributed by atoms with E-state index in [1.165, 1.54) is 0 Å². The van der Waals surface area contributed by atoms with E-state index in [1.54, 1.807) is 7.11 Å². The van der Waals surface area contributed by atoms with Gasteiger partial charge >= 0.3 is 0 Å². The first kappa shape index (κ1) is 14.7. The molecular weight excluding hydrogens is 254 g/mol. The predicted octanol–water partition coefficient (Wildman–Crippen LogP) is 1.11. The second-order valence-corrected chi connectivity index (χ2v) is 5.04. The molecule has 3 N–H and O–H groups in total. The second-order valence-electron chi connectivity index (χ2n) is 5.04. The standard InChI is InChI=1S/C14H23N5O/c1-4-10-11(5-2)17-18-14(12(10)13(15)16)19-7-6-9(8-19)20-3/h9H,4-8H2,1-3H3,(H3,15,16). The number of hydrogen-bond donors (Lipinski definition) is 2. The Kier molecular flexibility index (Phi) is 4.54. The number of nitrogens with two attached hydrogens (primary N) is 1. The van der Waals surface area contributed by atoms with Crippen molar-refractivity contribution < 1.29 is 4.74 Å². The summed E-state index contributed by atoms with van der Waals surface area (Å²) in [5.41, 5.74) is 8.53. The molecule has 1 aliphatic heterocycles. The van der Waals surface area contributed by atoms with Crippen molar-refractivity contribution in [3.05, 3.63) is 16.8 Å². The van der Waals surface area contributed by atoms with Gasteiger partial charge in [0.25, 0.3) is 0 Å². The molecule has 1 unspecified atom stereocenters. The summed E-state index contributed by atoms with van der Waals surface area (Å²) in [4.78, 5) is 2.12. The zero-order chi connectivity index (χ0) is 14.7. The lowest BCUT2D eigenvalue weighted by atomic mass is 10.0. The van der Waals surface area contributed by atoms with E-state index in [2.05, 4.69) is 22.0 Å². The van der Waals surface area contributed by atoms with Crippen LogP contribution in [0.2, 0.25) is 0 Å². The number of rotatable bonds is 5. The van der Waals surface area contributed by atoms with Gasteiger partial charge in [0.05, 0.1) is 17.4 Å². The zero-order valence-electron chi connectivity index (χ0n) is 12.4. The topological polar surface area (TPSA) is 88.1 Å². The maximum absolute atomic E-state index is 7.90. The Hall–Kier alpha value is -1.69. The third-order valence-corrected chi connectivity index (χ3v) is 3.87. The van der Waals surface area contributed by atoms with Crippen LogP contribution >= 0.6 is 0 Å². The lowest BCUT2D eigenvalue weighted by molar-refractivity contribution is 0.121. The highest BCUT2D eigenvalue weighted by Crippen LogP contribution is 2.27. The molecule has 0 aromatic carbocycles.